The molecule has 0 aliphatic carbocycles. The van der Waals surface area contributed by atoms with Gasteiger partial charge in [0.05, 0.1) is 0 Å². The van der Waals surface area contributed by atoms with Crippen LogP contribution in [0.3, 0.4) is 0 Å². The van der Waals surface area contributed by atoms with Gasteiger partial charge in [0.15, 0.2) is 0 Å². The highest BCUT2D eigenvalue weighted by atomic mass is 32.1. The normalized spacial score (nSPS) is 12.3. The maximum atomic E-state index is 6.29. The number of nitrogens with two attached hydrogens (primary N) is 1. The van der Waals surface area contributed by atoms with E-state index in [9.17, 15) is 0 Å². The third-order valence-electron chi connectivity index (χ3n) is 6.12. The maximum absolute atomic E-state index is 6.29. The Hall–Kier alpha value is -4.14. The van der Waals surface area contributed by atoms with Gasteiger partial charge in [-0.2, -0.15) is 0 Å². The van der Waals surface area contributed by atoms with Crippen molar-refractivity contribution in [3.8, 4) is 22.3 Å². The van der Waals surface area contributed by atoms with Gasteiger partial charge in [-0.25, -0.2) is 0 Å². The highest BCUT2D eigenvalue weighted by molar-refractivity contribution is 7.25. The number of rotatable bonds is 6. The number of hydrogen-bond donors (Lipinski definition) is 1. The molecule has 0 aliphatic heterocycles. The lowest BCUT2D eigenvalue weighted by molar-refractivity contribution is 1.53. The molecule has 0 saturated carbocycles. The van der Waals surface area contributed by atoms with Crippen LogP contribution < -0.4 is 5.73 Å². The molecule has 2 heteroatoms. The molecule has 0 radical (unpaired) electrons. The van der Waals surface area contributed by atoms with E-state index in [2.05, 4.69) is 111 Å². The maximum Gasteiger partial charge on any atom is 0.0388 e. The van der Waals surface area contributed by atoms with Gasteiger partial charge in [-0.05, 0) is 71.1 Å². The van der Waals surface area contributed by atoms with Crippen molar-refractivity contribution in [2.24, 2.45) is 0 Å². The minimum Gasteiger partial charge on any atom is -0.398 e. The van der Waals surface area contributed by atoms with Gasteiger partial charge in [-0.1, -0.05) is 97.1 Å². The van der Waals surface area contributed by atoms with E-state index in [0.717, 1.165) is 22.4 Å². The molecule has 1 aromatic heterocycles. The number of nitrogen functional groups attached to an aromatic ring is 1. The number of hydrogen-bond acceptors (Lipinski definition) is 2. The van der Waals surface area contributed by atoms with Crippen LogP contribution in [0.1, 0.15) is 12.5 Å². The van der Waals surface area contributed by atoms with Gasteiger partial charge in [-0.3, -0.25) is 0 Å². The average molecular weight is 470 g/mol. The first kappa shape index (κ1) is 22.6. The Morgan fingerprint density at radius 3 is 2.29 bits per heavy atom. The smallest absolute Gasteiger partial charge is 0.0388 e. The first-order valence-electron chi connectivity index (χ1n) is 11.7. The van der Waals surface area contributed by atoms with E-state index in [4.69, 9.17) is 5.73 Å². The second-order valence-electron chi connectivity index (χ2n) is 8.60. The van der Waals surface area contributed by atoms with Gasteiger partial charge < -0.3 is 5.73 Å². The lowest BCUT2D eigenvalue weighted by atomic mass is 9.96. The number of thiophene rings is 1. The molecule has 0 saturated heterocycles. The van der Waals surface area contributed by atoms with Gasteiger partial charge >= 0.3 is 0 Å². The van der Waals surface area contributed by atoms with Gasteiger partial charge in [0, 0.05) is 25.9 Å². The quantitative estimate of drug-likeness (QED) is 0.194. The van der Waals surface area contributed by atoms with Gasteiger partial charge in [0.2, 0.25) is 0 Å². The SMILES string of the molecule is C=C\C=C/C=C(C)/C=C\c1cc(-c2cccc(-c3ccc4sc5ccccc5c4c3)c2)ccc1N. The predicted molar refractivity (Wildman–Crippen MR) is 157 cm³/mol. The molecule has 0 aliphatic rings. The molecule has 5 aromatic rings. The van der Waals surface area contributed by atoms with Crippen LogP contribution in [0.4, 0.5) is 5.69 Å². The Morgan fingerprint density at radius 2 is 1.46 bits per heavy atom. The van der Waals surface area contributed by atoms with E-state index in [1.165, 1.54) is 36.9 Å². The highest BCUT2D eigenvalue weighted by Crippen LogP contribution is 2.37. The zero-order valence-electron chi connectivity index (χ0n) is 19.7. The first-order valence-corrected chi connectivity index (χ1v) is 12.5. The molecule has 4 aromatic carbocycles. The topological polar surface area (TPSA) is 26.0 Å². The second-order valence-corrected chi connectivity index (χ2v) is 9.68. The molecule has 2 N–H and O–H groups in total. The highest BCUT2D eigenvalue weighted by Gasteiger charge is 2.08. The Labute approximate surface area is 210 Å². The lowest BCUT2D eigenvalue weighted by Gasteiger charge is -2.09. The molecule has 0 atom stereocenters. The van der Waals surface area contributed by atoms with Crippen molar-refractivity contribution in [2.75, 3.05) is 5.73 Å². The number of fused-ring (bicyclic) bond motifs is 3. The van der Waals surface area contributed by atoms with Gasteiger partial charge in [0.1, 0.15) is 0 Å². The Bertz CT molecular complexity index is 1630. The number of allylic oxidation sites excluding steroid dienone is 6. The van der Waals surface area contributed by atoms with E-state index in [-0.39, 0.29) is 0 Å². The van der Waals surface area contributed by atoms with Crippen molar-refractivity contribution in [1.82, 2.24) is 0 Å². The summed E-state index contributed by atoms with van der Waals surface area (Å²) in [5.41, 5.74) is 14.0. The lowest BCUT2D eigenvalue weighted by Crippen LogP contribution is -1.90. The summed E-state index contributed by atoms with van der Waals surface area (Å²) in [6.07, 6.45) is 11.9. The summed E-state index contributed by atoms with van der Waals surface area (Å²) in [6.45, 7) is 5.77. The molecule has 0 spiro atoms. The molecule has 0 fully saturated rings. The van der Waals surface area contributed by atoms with Gasteiger partial charge in [0.25, 0.3) is 0 Å². The van der Waals surface area contributed by atoms with Crippen molar-refractivity contribution in [3.05, 3.63) is 133 Å². The molecular weight excluding hydrogens is 442 g/mol. The van der Waals surface area contributed by atoms with Crippen LogP contribution >= 0.6 is 11.3 Å². The van der Waals surface area contributed by atoms with Crippen molar-refractivity contribution in [1.29, 1.82) is 0 Å². The van der Waals surface area contributed by atoms with Crippen LogP contribution in [0, 0.1) is 0 Å². The van der Waals surface area contributed by atoms with Crippen molar-refractivity contribution in [3.63, 3.8) is 0 Å². The Morgan fingerprint density at radius 1 is 0.743 bits per heavy atom. The van der Waals surface area contributed by atoms with Gasteiger partial charge in [-0.15, -0.1) is 11.3 Å². The van der Waals surface area contributed by atoms with Crippen LogP contribution in [0.2, 0.25) is 0 Å². The Balaban J connectivity index is 1.49. The number of benzene rings is 4. The van der Waals surface area contributed by atoms with E-state index in [1.807, 2.05) is 29.6 Å². The third-order valence-corrected chi connectivity index (χ3v) is 7.28. The van der Waals surface area contributed by atoms with Crippen molar-refractivity contribution in [2.45, 2.75) is 6.92 Å². The van der Waals surface area contributed by atoms with Crippen LogP contribution in [-0.2, 0) is 0 Å². The molecular formula is C33H27NS. The van der Waals surface area contributed by atoms with Crippen LogP contribution in [0.15, 0.2) is 127 Å². The van der Waals surface area contributed by atoms with Crippen molar-refractivity contribution < 1.29 is 0 Å². The fourth-order valence-corrected chi connectivity index (χ4v) is 5.33. The molecule has 5 rings (SSSR count). The zero-order chi connectivity index (χ0) is 24.2. The first-order chi connectivity index (χ1) is 17.1. The summed E-state index contributed by atoms with van der Waals surface area (Å²) in [5, 5.41) is 2.64. The molecule has 0 amide bonds. The zero-order valence-corrected chi connectivity index (χ0v) is 20.6. The fourth-order valence-electron chi connectivity index (χ4n) is 4.25. The standard InChI is InChI=1S/C33H27NS/c1-3-4-5-9-23(2)14-15-28-21-26(16-18-31(28)34)24-10-8-11-25(20-24)27-17-19-33-30(22-27)29-12-6-7-13-32(29)35-33/h3-22H,1,34H2,2H3/b5-4-,15-14-,23-9+. The largest absolute Gasteiger partial charge is 0.398 e. The minimum absolute atomic E-state index is 0.769. The summed E-state index contributed by atoms with van der Waals surface area (Å²) < 4.78 is 2.66. The summed E-state index contributed by atoms with van der Waals surface area (Å²) >= 11 is 1.85. The average Bonchev–Trinajstić information content (AvgIpc) is 3.26. The number of anilines is 1. The summed E-state index contributed by atoms with van der Waals surface area (Å²) in [4.78, 5) is 0. The minimum atomic E-state index is 0.769. The molecule has 0 bridgehead atoms. The van der Waals surface area contributed by atoms with Crippen LogP contribution in [-0.4, -0.2) is 0 Å². The summed E-state index contributed by atoms with van der Waals surface area (Å²) in [5.74, 6) is 0. The van der Waals surface area contributed by atoms with Crippen LogP contribution in [0.5, 0.6) is 0 Å². The second kappa shape index (κ2) is 10.0. The Kier molecular flexibility index (Phi) is 6.47. The van der Waals surface area contributed by atoms with E-state index < -0.39 is 0 Å². The predicted octanol–water partition coefficient (Wildman–Crippen LogP) is 9.67. The molecule has 170 valence electrons. The summed E-state index contributed by atoms with van der Waals surface area (Å²) in [7, 11) is 0. The third kappa shape index (κ3) is 4.89. The fraction of sp³-hybridized carbons (Fsp3) is 0.0303. The van der Waals surface area contributed by atoms with E-state index in [0.29, 0.717) is 0 Å². The van der Waals surface area contributed by atoms with Crippen LogP contribution in [0.25, 0.3) is 48.5 Å². The van der Waals surface area contributed by atoms with E-state index >= 15 is 0 Å². The molecule has 0 unspecified atom stereocenters. The monoisotopic (exact) mass is 469 g/mol. The molecule has 35 heavy (non-hydrogen) atoms. The molecule has 1 nitrogen and oxygen atoms in total. The summed E-state index contributed by atoms with van der Waals surface area (Å²) in [6, 6.07) is 30.4. The van der Waals surface area contributed by atoms with Crippen molar-refractivity contribution >= 4 is 43.3 Å². The molecule has 1 heterocycles. The van der Waals surface area contributed by atoms with E-state index in [1.54, 1.807) is 6.08 Å².